The van der Waals surface area contributed by atoms with Crippen molar-refractivity contribution in [2.24, 2.45) is 0 Å². The summed E-state index contributed by atoms with van der Waals surface area (Å²) in [6, 6.07) is 10.3. The lowest BCUT2D eigenvalue weighted by Crippen LogP contribution is -2.52. The summed E-state index contributed by atoms with van der Waals surface area (Å²) in [7, 11) is 0. The van der Waals surface area contributed by atoms with Gasteiger partial charge in [-0.1, -0.05) is 30.3 Å². The first kappa shape index (κ1) is 14.3. The van der Waals surface area contributed by atoms with Crippen molar-refractivity contribution in [3.8, 4) is 0 Å². The standard InChI is InChI=1S/C17H25NO/c1-14(19)17(15-8-6-5-7-9-15)10-12-18(13-11-17)16(2,3)4/h5-9H,10-13H2,1-4H3. The molecule has 2 heteroatoms. The molecular formula is C17H25NO. The van der Waals surface area contributed by atoms with Gasteiger partial charge in [-0.2, -0.15) is 0 Å². The minimum atomic E-state index is -0.261. The number of nitrogens with zero attached hydrogens (tertiary/aromatic N) is 1. The Morgan fingerprint density at radius 1 is 1.11 bits per heavy atom. The minimum Gasteiger partial charge on any atom is -0.299 e. The molecule has 0 N–H and O–H groups in total. The number of hydrogen-bond acceptors (Lipinski definition) is 2. The van der Waals surface area contributed by atoms with Gasteiger partial charge in [0.15, 0.2) is 0 Å². The molecule has 1 fully saturated rings. The predicted molar refractivity (Wildman–Crippen MR) is 79.4 cm³/mol. The number of ketones is 1. The van der Waals surface area contributed by atoms with Gasteiger partial charge >= 0.3 is 0 Å². The normalized spacial score (nSPS) is 20.2. The Labute approximate surface area is 116 Å². The van der Waals surface area contributed by atoms with Crippen LogP contribution >= 0.6 is 0 Å². The first-order valence-corrected chi connectivity index (χ1v) is 7.18. The van der Waals surface area contributed by atoms with Gasteiger partial charge in [-0.15, -0.1) is 0 Å². The maximum absolute atomic E-state index is 12.3. The van der Waals surface area contributed by atoms with Crippen LogP contribution in [0.5, 0.6) is 0 Å². The van der Waals surface area contributed by atoms with Crippen LogP contribution < -0.4 is 0 Å². The van der Waals surface area contributed by atoms with Crippen molar-refractivity contribution in [1.29, 1.82) is 0 Å². The molecule has 0 atom stereocenters. The summed E-state index contributed by atoms with van der Waals surface area (Å²) >= 11 is 0. The fraction of sp³-hybridized carbons (Fsp3) is 0.588. The zero-order valence-corrected chi connectivity index (χ0v) is 12.6. The fourth-order valence-corrected chi connectivity index (χ4v) is 3.16. The molecule has 0 aliphatic carbocycles. The van der Waals surface area contributed by atoms with Crippen LogP contribution in [0.25, 0.3) is 0 Å². The molecule has 1 saturated heterocycles. The van der Waals surface area contributed by atoms with E-state index in [4.69, 9.17) is 0 Å². The van der Waals surface area contributed by atoms with Crippen LogP contribution in [0.15, 0.2) is 30.3 Å². The Morgan fingerprint density at radius 2 is 1.63 bits per heavy atom. The van der Waals surface area contributed by atoms with Gasteiger partial charge in [-0.25, -0.2) is 0 Å². The molecule has 0 unspecified atom stereocenters. The molecule has 0 aromatic heterocycles. The average Bonchev–Trinajstić information content (AvgIpc) is 2.38. The van der Waals surface area contributed by atoms with Gasteiger partial charge in [0, 0.05) is 5.54 Å². The second-order valence-electron chi connectivity index (χ2n) is 6.66. The van der Waals surface area contributed by atoms with E-state index in [-0.39, 0.29) is 11.0 Å². The van der Waals surface area contributed by atoms with Gasteiger partial charge in [0.1, 0.15) is 5.78 Å². The molecule has 0 radical (unpaired) electrons. The lowest BCUT2D eigenvalue weighted by atomic mass is 9.69. The molecule has 2 nitrogen and oxygen atoms in total. The van der Waals surface area contributed by atoms with Crippen LogP contribution in [0.1, 0.15) is 46.1 Å². The molecule has 0 amide bonds. The third kappa shape index (κ3) is 2.74. The van der Waals surface area contributed by atoms with Crippen molar-refractivity contribution in [3.63, 3.8) is 0 Å². The summed E-state index contributed by atoms with van der Waals surface area (Å²) in [5, 5.41) is 0. The lowest BCUT2D eigenvalue weighted by Gasteiger charge is -2.45. The summed E-state index contributed by atoms with van der Waals surface area (Å²) < 4.78 is 0. The smallest absolute Gasteiger partial charge is 0.140 e. The molecule has 1 aromatic carbocycles. The maximum atomic E-state index is 12.3. The van der Waals surface area contributed by atoms with Crippen LogP contribution in [-0.2, 0) is 10.2 Å². The van der Waals surface area contributed by atoms with E-state index in [2.05, 4.69) is 37.8 Å². The summed E-state index contributed by atoms with van der Waals surface area (Å²) in [4.78, 5) is 14.7. The second-order valence-corrected chi connectivity index (χ2v) is 6.66. The van der Waals surface area contributed by atoms with Crippen LogP contribution in [0.4, 0.5) is 0 Å². The van der Waals surface area contributed by atoms with Crippen LogP contribution in [0.2, 0.25) is 0 Å². The van der Waals surface area contributed by atoms with Gasteiger partial charge in [0.25, 0.3) is 0 Å². The monoisotopic (exact) mass is 259 g/mol. The summed E-state index contributed by atoms with van der Waals surface area (Å²) in [5.74, 6) is 0.312. The number of carbonyl (C=O) groups is 1. The molecule has 1 aliphatic heterocycles. The minimum absolute atomic E-state index is 0.194. The van der Waals surface area contributed by atoms with E-state index in [1.54, 1.807) is 6.92 Å². The molecule has 19 heavy (non-hydrogen) atoms. The van der Waals surface area contributed by atoms with Crippen molar-refractivity contribution in [1.82, 2.24) is 4.90 Å². The number of carbonyl (C=O) groups excluding carboxylic acids is 1. The lowest BCUT2D eigenvalue weighted by molar-refractivity contribution is -0.124. The van der Waals surface area contributed by atoms with E-state index in [1.807, 2.05) is 18.2 Å². The SMILES string of the molecule is CC(=O)C1(c2ccccc2)CCN(C(C)(C)C)CC1. The average molecular weight is 259 g/mol. The van der Waals surface area contributed by atoms with Crippen LogP contribution in [0, 0.1) is 0 Å². The number of hydrogen-bond donors (Lipinski definition) is 0. The van der Waals surface area contributed by atoms with E-state index in [0.717, 1.165) is 25.9 Å². The van der Waals surface area contributed by atoms with Gasteiger partial charge in [-0.05, 0) is 59.2 Å². The zero-order valence-electron chi connectivity index (χ0n) is 12.6. The molecule has 0 bridgehead atoms. The number of rotatable bonds is 2. The van der Waals surface area contributed by atoms with E-state index in [1.165, 1.54) is 5.56 Å². The Balaban J connectivity index is 2.24. The molecule has 0 spiro atoms. The van der Waals surface area contributed by atoms with Crippen molar-refractivity contribution in [3.05, 3.63) is 35.9 Å². The van der Waals surface area contributed by atoms with Crippen molar-refractivity contribution in [2.45, 2.75) is 51.5 Å². The Kier molecular flexibility index (Phi) is 3.82. The molecular weight excluding hydrogens is 234 g/mol. The van der Waals surface area contributed by atoms with E-state index >= 15 is 0 Å². The van der Waals surface area contributed by atoms with Crippen molar-refractivity contribution in [2.75, 3.05) is 13.1 Å². The number of benzene rings is 1. The van der Waals surface area contributed by atoms with E-state index in [0.29, 0.717) is 5.78 Å². The highest BCUT2D eigenvalue weighted by Crippen LogP contribution is 2.38. The molecule has 104 valence electrons. The van der Waals surface area contributed by atoms with E-state index in [9.17, 15) is 4.79 Å². The fourth-order valence-electron chi connectivity index (χ4n) is 3.16. The van der Waals surface area contributed by atoms with E-state index < -0.39 is 0 Å². The van der Waals surface area contributed by atoms with Crippen molar-refractivity contribution < 1.29 is 4.79 Å². The first-order chi connectivity index (χ1) is 8.86. The summed E-state index contributed by atoms with van der Waals surface area (Å²) in [5.41, 5.74) is 1.12. The predicted octanol–water partition coefficient (Wildman–Crippen LogP) is 3.41. The molecule has 1 aromatic rings. The van der Waals surface area contributed by atoms with Gasteiger partial charge in [-0.3, -0.25) is 9.69 Å². The van der Waals surface area contributed by atoms with Gasteiger partial charge in [0.05, 0.1) is 5.41 Å². The molecule has 2 rings (SSSR count). The number of piperidine rings is 1. The molecule has 0 saturated carbocycles. The van der Waals surface area contributed by atoms with Crippen LogP contribution in [0.3, 0.4) is 0 Å². The van der Waals surface area contributed by atoms with Gasteiger partial charge in [0.2, 0.25) is 0 Å². The highest BCUT2D eigenvalue weighted by molar-refractivity contribution is 5.88. The Bertz CT molecular complexity index is 436. The largest absolute Gasteiger partial charge is 0.299 e. The third-order valence-corrected chi connectivity index (χ3v) is 4.57. The van der Waals surface area contributed by atoms with Gasteiger partial charge < -0.3 is 0 Å². The number of Topliss-reactive ketones (excluding diaryl/α,β-unsaturated/α-hetero) is 1. The third-order valence-electron chi connectivity index (χ3n) is 4.57. The highest BCUT2D eigenvalue weighted by atomic mass is 16.1. The summed E-state index contributed by atoms with van der Waals surface area (Å²) in [6.07, 6.45) is 1.87. The quantitative estimate of drug-likeness (QED) is 0.811. The Morgan fingerprint density at radius 3 is 2.05 bits per heavy atom. The topological polar surface area (TPSA) is 20.3 Å². The Hall–Kier alpha value is -1.15. The summed E-state index contributed by atoms with van der Waals surface area (Å²) in [6.45, 7) is 10.5. The molecule has 1 heterocycles. The number of likely N-dealkylation sites (tertiary alicyclic amines) is 1. The molecule has 1 aliphatic rings. The van der Waals surface area contributed by atoms with Crippen molar-refractivity contribution >= 4 is 5.78 Å². The van der Waals surface area contributed by atoms with Crippen LogP contribution in [-0.4, -0.2) is 29.3 Å². The highest BCUT2D eigenvalue weighted by Gasteiger charge is 2.41. The first-order valence-electron chi connectivity index (χ1n) is 7.18. The zero-order chi connectivity index (χ0) is 14.1. The second kappa shape index (κ2) is 5.09. The maximum Gasteiger partial charge on any atom is 0.140 e.